The second kappa shape index (κ2) is 5.91. The summed E-state index contributed by atoms with van der Waals surface area (Å²) in [6.07, 6.45) is 2.87. The molecule has 1 aromatic rings. The maximum atomic E-state index is 12.9. The van der Waals surface area contributed by atoms with E-state index in [9.17, 15) is 8.42 Å². The maximum Gasteiger partial charge on any atom is 0.244 e. The first-order valence-corrected chi connectivity index (χ1v) is 9.07. The van der Waals surface area contributed by atoms with E-state index in [1.54, 1.807) is 4.31 Å². The molecule has 0 saturated heterocycles. The molecule has 1 N–H and O–H groups in total. The van der Waals surface area contributed by atoms with Crippen LogP contribution in [0, 0.1) is 6.92 Å². The highest BCUT2D eigenvalue weighted by Crippen LogP contribution is 2.36. The van der Waals surface area contributed by atoms with E-state index < -0.39 is 10.0 Å². The maximum absolute atomic E-state index is 12.9. The molecule has 1 heterocycles. The molecular weight excluding hydrogens is 280 g/mol. The fourth-order valence-corrected chi connectivity index (χ4v) is 5.87. The minimum Gasteiger partial charge on any atom is -0.315 e. The van der Waals surface area contributed by atoms with Crippen LogP contribution in [0.5, 0.6) is 0 Å². The van der Waals surface area contributed by atoms with E-state index in [0.717, 1.165) is 29.7 Å². The second-order valence-corrected chi connectivity index (χ2v) is 7.84. The zero-order valence-electron chi connectivity index (χ0n) is 11.8. The average molecular weight is 302 g/mol. The normalized spacial score (nSPS) is 16.2. The van der Waals surface area contributed by atoms with Crippen molar-refractivity contribution >= 4 is 21.4 Å². The summed E-state index contributed by atoms with van der Waals surface area (Å²) in [5, 5.41) is 4.99. The van der Waals surface area contributed by atoms with Gasteiger partial charge in [-0.3, -0.25) is 0 Å². The van der Waals surface area contributed by atoms with E-state index in [2.05, 4.69) is 5.32 Å². The molecule has 1 fully saturated rings. The fraction of sp³-hybridized carbons (Fsp3) is 0.692. The van der Waals surface area contributed by atoms with Crippen molar-refractivity contribution in [3.63, 3.8) is 0 Å². The van der Waals surface area contributed by atoms with Crippen LogP contribution < -0.4 is 5.32 Å². The van der Waals surface area contributed by atoms with Crippen LogP contribution in [0.15, 0.2) is 10.3 Å². The first kappa shape index (κ1) is 15.0. The number of hydrogen-bond donors (Lipinski definition) is 1. The Bertz CT molecular complexity index is 533. The van der Waals surface area contributed by atoms with E-state index in [0.29, 0.717) is 18.0 Å². The van der Waals surface area contributed by atoms with E-state index in [1.807, 2.05) is 26.3 Å². The summed E-state index contributed by atoms with van der Waals surface area (Å²) >= 11 is 1.53. The lowest BCUT2D eigenvalue weighted by molar-refractivity contribution is 0.402. The van der Waals surface area contributed by atoms with E-state index >= 15 is 0 Å². The summed E-state index contributed by atoms with van der Waals surface area (Å²) in [5.74, 6) is 0. The van der Waals surface area contributed by atoms with Crippen molar-refractivity contribution in [3.05, 3.63) is 15.8 Å². The zero-order valence-corrected chi connectivity index (χ0v) is 13.4. The highest BCUT2D eigenvalue weighted by Gasteiger charge is 2.39. The predicted molar refractivity (Wildman–Crippen MR) is 79.0 cm³/mol. The van der Waals surface area contributed by atoms with E-state index in [1.165, 1.54) is 11.3 Å². The van der Waals surface area contributed by atoms with Gasteiger partial charge in [0.05, 0.1) is 0 Å². The van der Waals surface area contributed by atoms with Crippen LogP contribution in [0.4, 0.5) is 0 Å². The lowest BCUT2D eigenvalue weighted by atomic mass is 10.3. The van der Waals surface area contributed by atoms with Crippen LogP contribution in [0.1, 0.15) is 36.6 Å². The minimum absolute atomic E-state index is 0.228. The molecule has 108 valence electrons. The largest absolute Gasteiger partial charge is 0.315 e. The van der Waals surface area contributed by atoms with Crippen molar-refractivity contribution in [3.8, 4) is 0 Å². The van der Waals surface area contributed by atoms with Gasteiger partial charge in [0.15, 0.2) is 0 Å². The zero-order chi connectivity index (χ0) is 14.0. The lowest BCUT2D eigenvalue weighted by Gasteiger charge is -2.22. The van der Waals surface area contributed by atoms with Gasteiger partial charge in [-0.1, -0.05) is 6.92 Å². The van der Waals surface area contributed by atoms with Crippen molar-refractivity contribution in [1.29, 1.82) is 0 Å². The Kier molecular flexibility index (Phi) is 4.66. The summed E-state index contributed by atoms with van der Waals surface area (Å²) in [6, 6.07) is 0.228. The van der Waals surface area contributed by atoms with Gasteiger partial charge in [-0.2, -0.15) is 4.31 Å². The molecule has 0 spiro atoms. The Morgan fingerprint density at radius 3 is 2.68 bits per heavy atom. The molecule has 0 amide bonds. The van der Waals surface area contributed by atoms with Gasteiger partial charge >= 0.3 is 0 Å². The van der Waals surface area contributed by atoms with Gasteiger partial charge in [0.2, 0.25) is 10.0 Å². The van der Waals surface area contributed by atoms with Crippen molar-refractivity contribution < 1.29 is 8.42 Å². The van der Waals surface area contributed by atoms with E-state index in [4.69, 9.17) is 0 Å². The Morgan fingerprint density at radius 1 is 1.47 bits per heavy atom. The van der Waals surface area contributed by atoms with Crippen LogP contribution in [-0.2, 0) is 16.6 Å². The van der Waals surface area contributed by atoms with Gasteiger partial charge in [0.1, 0.15) is 4.90 Å². The van der Waals surface area contributed by atoms with Crippen molar-refractivity contribution in [2.24, 2.45) is 0 Å². The number of hydrogen-bond acceptors (Lipinski definition) is 4. The molecule has 19 heavy (non-hydrogen) atoms. The smallest absolute Gasteiger partial charge is 0.244 e. The molecule has 0 bridgehead atoms. The predicted octanol–water partition coefficient (Wildman–Crippen LogP) is 2.34. The van der Waals surface area contributed by atoms with Crippen LogP contribution >= 0.6 is 11.3 Å². The molecule has 0 aliphatic heterocycles. The molecule has 1 saturated carbocycles. The topological polar surface area (TPSA) is 49.4 Å². The van der Waals surface area contributed by atoms with Gasteiger partial charge in [0, 0.05) is 24.0 Å². The highest BCUT2D eigenvalue weighted by atomic mass is 32.2. The SMILES string of the molecule is CCCN(C1CC1)S(=O)(=O)c1c(C)csc1CNC. The van der Waals surface area contributed by atoms with Crippen LogP contribution in [0.25, 0.3) is 0 Å². The monoisotopic (exact) mass is 302 g/mol. The summed E-state index contributed by atoms with van der Waals surface area (Å²) in [7, 11) is -1.49. The Balaban J connectivity index is 2.39. The Morgan fingerprint density at radius 2 is 2.16 bits per heavy atom. The first-order chi connectivity index (χ1) is 9.02. The van der Waals surface area contributed by atoms with Crippen molar-refractivity contribution in [2.75, 3.05) is 13.6 Å². The standard InChI is InChI=1S/C13H22N2O2S2/c1-4-7-15(11-5-6-11)19(16,17)13-10(2)9-18-12(13)8-14-3/h9,11,14H,4-8H2,1-3H3. The summed E-state index contributed by atoms with van der Waals surface area (Å²) in [6.45, 7) is 5.15. The molecule has 0 aromatic carbocycles. The van der Waals surface area contributed by atoms with Crippen LogP contribution in [0.3, 0.4) is 0 Å². The quantitative estimate of drug-likeness (QED) is 0.841. The van der Waals surface area contributed by atoms with Crippen LogP contribution in [-0.4, -0.2) is 32.4 Å². The van der Waals surface area contributed by atoms with Crippen molar-refractivity contribution in [2.45, 2.75) is 50.6 Å². The molecule has 0 unspecified atom stereocenters. The Labute approximate surface area is 119 Å². The van der Waals surface area contributed by atoms with Gasteiger partial charge in [-0.15, -0.1) is 11.3 Å². The number of aryl methyl sites for hydroxylation is 1. The molecule has 6 heteroatoms. The van der Waals surface area contributed by atoms with Crippen molar-refractivity contribution in [1.82, 2.24) is 9.62 Å². The number of nitrogens with zero attached hydrogens (tertiary/aromatic N) is 1. The third kappa shape index (κ3) is 3.02. The molecule has 0 atom stereocenters. The number of nitrogens with one attached hydrogen (secondary N) is 1. The molecule has 1 aliphatic carbocycles. The molecule has 4 nitrogen and oxygen atoms in total. The van der Waals surface area contributed by atoms with E-state index in [-0.39, 0.29) is 6.04 Å². The van der Waals surface area contributed by atoms with Crippen LogP contribution in [0.2, 0.25) is 0 Å². The number of rotatable bonds is 7. The highest BCUT2D eigenvalue weighted by molar-refractivity contribution is 7.89. The molecular formula is C13H22N2O2S2. The molecule has 0 radical (unpaired) electrons. The summed E-state index contributed by atoms with van der Waals surface area (Å²) in [4.78, 5) is 1.45. The van der Waals surface area contributed by atoms with Gasteiger partial charge in [-0.05, 0) is 44.2 Å². The third-order valence-electron chi connectivity index (χ3n) is 3.29. The Hall–Kier alpha value is -0.430. The summed E-state index contributed by atoms with van der Waals surface area (Å²) in [5.41, 5.74) is 0.872. The first-order valence-electron chi connectivity index (χ1n) is 6.75. The molecule has 2 rings (SSSR count). The fourth-order valence-electron chi connectivity index (χ4n) is 2.32. The second-order valence-electron chi connectivity index (χ2n) is 5.05. The van der Waals surface area contributed by atoms with Gasteiger partial charge in [-0.25, -0.2) is 8.42 Å². The molecule has 1 aromatic heterocycles. The number of sulfonamides is 1. The van der Waals surface area contributed by atoms with Gasteiger partial charge < -0.3 is 5.32 Å². The minimum atomic E-state index is -3.34. The summed E-state index contributed by atoms with van der Waals surface area (Å²) < 4.78 is 27.5. The average Bonchev–Trinajstić information content (AvgIpc) is 3.11. The lowest BCUT2D eigenvalue weighted by Crippen LogP contribution is -2.34. The number of thiophene rings is 1. The third-order valence-corrected chi connectivity index (χ3v) is 6.71. The molecule has 1 aliphatic rings. The van der Waals surface area contributed by atoms with Gasteiger partial charge in [0.25, 0.3) is 0 Å².